The summed E-state index contributed by atoms with van der Waals surface area (Å²) in [4.78, 5) is 14.9. The van der Waals surface area contributed by atoms with Crippen molar-refractivity contribution in [2.45, 2.75) is 44.2 Å². The monoisotopic (exact) mass is 334 g/mol. The predicted octanol–water partition coefficient (Wildman–Crippen LogP) is 2.87. The first-order valence-electron chi connectivity index (χ1n) is 8.59. The van der Waals surface area contributed by atoms with Gasteiger partial charge in [0.25, 0.3) is 5.91 Å². The largest absolute Gasteiger partial charge is 0.380 e. The fourth-order valence-electron chi connectivity index (χ4n) is 3.31. The average molecular weight is 334 g/mol. The molecule has 2 fully saturated rings. The number of nitrogens with zero attached hydrogens (tertiary/aromatic N) is 1. The Kier molecular flexibility index (Phi) is 5.62. The predicted molar refractivity (Wildman–Crippen MR) is 95.7 cm³/mol. The molecule has 2 heterocycles. The van der Waals surface area contributed by atoms with E-state index in [2.05, 4.69) is 16.3 Å². The van der Waals surface area contributed by atoms with Gasteiger partial charge in [0, 0.05) is 12.2 Å². The van der Waals surface area contributed by atoms with Gasteiger partial charge in [-0.25, -0.2) is 0 Å². The van der Waals surface area contributed by atoms with Crippen LogP contribution in [0.1, 0.15) is 37.7 Å². The van der Waals surface area contributed by atoms with Crippen molar-refractivity contribution >= 4 is 23.4 Å². The summed E-state index contributed by atoms with van der Waals surface area (Å²) in [6.45, 7) is 3.26. The fourth-order valence-corrected chi connectivity index (χ4v) is 4.47. The lowest BCUT2D eigenvalue weighted by Gasteiger charge is -2.30. The number of carbonyl (C=O) groups is 1. The van der Waals surface area contributed by atoms with Crippen LogP contribution < -0.4 is 5.32 Å². The molecule has 2 saturated heterocycles. The molecule has 126 valence electrons. The molecule has 1 aromatic carbocycles. The molecule has 5 heteroatoms. The van der Waals surface area contributed by atoms with Crippen LogP contribution in [-0.4, -0.2) is 46.1 Å². The number of aliphatic hydroxyl groups is 1. The summed E-state index contributed by atoms with van der Waals surface area (Å²) < 4.78 is 0. The van der Waals surface area contributed by atoms with Gasteiger partial charge >= 0.3 is 0 Å². The maximum Gasteiger partial charge on any atom is 0.256 e. The normalized spacial score (nSPS) is 21.8. The zero-order valence-electron chi connectivity index (χ0n) is 13.6. The van der Waals surface area contributed by atoms with Crippen molar-refractivity contribution in [1.29, 1.82) is 0 Å². The van der Waals surface area contributed by atoms with Crippen LogP contribution in [0, 0.1) is 0 Å². The molecule has 0 unspecified atom stereocenters. The number of amides is 1. The van der Waals surface area contributed by atoms with Crippen LogP contribution in [0.15, 0.2) is 24.3 Å². The maximum absolute atomic E-state index is 12.4. The molecule has 0 aromatic heterocycles. The van der Waals surface area contributed by atoms with Crippen molar-refractivity contribution in [2.75, 3.05) is 29.9 Å². The minimum absolute atomic E-state index is 0.257. The summed E-state index contributed by atoms with van der Waals surface area (Å²) in [6, 6.07) is 8.03. The molecule has 4 nitrogen and oxygen atoms in total. The number of piperidine rings is 1. The Hall–Kier alpha value is -1.04. The van der Waals surface area contributed by atoms with E-state index in [4.69, 9.17) is 0 Å². The lowest BCUT2D eigenvalue weighted by atomic mass is 9.95. The van der Waals surface area contributed by atoms with Crippen LogP contribution in [0.5, 0.6) is 0 Å². The van der Waals surface area contributed by atoms with Crippen molar-refractivity contribution in [3.05, 3.63) is 29.8 Å². The zero-order valence-corrected chi connectivity index (χ0v) is 14.4. The first-order valence-corrected chi connectivity index (χ1v) is 9.74. The number of hydrogen-bond donors (Lipinski definition) is 2. The Balaban J connectivity index is 1.61. The molecule has 0 radical (unpaired) electrons. The minimum Gasteiger partial charge on any atom is -0.380 e. The van der Waals surface area contributed by atoms with Crippen molar-refractivity contribution in [2.24, 2.45) is 0 Å². The molecule has 1 aromatic rings. The van der Waals surface area contributed by atoms with E-state index in [1.54, 1.807) is 11.8 Å². The molecule has 0 saturated carbocycles. The molecule has 3 rings (SSSR count). The summed E-state index contributed by atoms with van der Waals surface area (Å²) in [5.41, 5.74) is 0.806. The highest BCUT2D eigenvalue weighted by molar-refractivity contribution is 7.99. The van der Waals surface area contributed by atoms with E-state index in [9.17, 15) is 9.90 Å². The number of anilines is 1. The second-order valence-electron chi connectivity index (χ2n) is 6.64. The SMILES string of the molecule is O=C(Nc1cccc(CN2CCCCC2)c1)C1(O)CCSCC1. The average Bonchev–Trinajstić information content (AvgIpc) is 2.57. The third kappa shape index (κ3) is 4.49. The van der Waals surface area contributed by atoms with Crippen LogP contribution >= 0.6 is 11.8 Å². The van der Waals surface area contributed by atoms with Gasteiger partial charge in [-0.05, 0) is 68.0 Å². The van der Waals surface area contributed by atoms with Crippen molar-refractivity contribution in [3.8, 4) is 0 Å². The molecule has 0 bridgehead atoms. The molecule has 2 aliphatic heterocycles. The Morgan fingerprint density at radius 1 is 1.22 bits per heavy atom. The number of hydrogen-bond acceptors (Lipinski definition) is 4. The van der Waals surface area contributed by atoms with Crippen molar-refractivity contribution in [1.82, 2.24) is 4.90 Å². The van der Waals surface area contributed by atoms with E-state index in [0.29, 0.717) is 12.8 Å². The smallest absolute Gasteiger partial charge is 0.256 e. The minimum atomic E-state index is -1.20. The van der Waals surface area contributed by atoms with Gasteiger partial charge < -0.3 is 10.4 Å². The summed E-state index contributed by atoms with van der Waals surface area (Å²) in [5.74, 6) is 1.44. The number of carbonyl (C=O) groups excluding carboxylic acids is 1. The van der Waals surface area contributed by atoms with Crippen LogP contribution in [0.4, 0.5) is 5.69 Å². The summed E-state index contributed by atoms with van der Waals surface area (Å²) in [6.07, 6.45) is 4.97. The molecule has 0 aliphatic carbocycles. The second-order valence-corrected chi connectivity index (χ2v) is 7.86. The number of nitrogens with one attached hydrogen (secondary N) is 1. The highest BCUT2D eigenvalue weighted by atomic mass is 32.2. The molecule has 2 aliphatic rings. The van der Waals surface area contributed by atoms with Gasteiger partial charge in [0.1, 0.15) is 5.60 Å². The van der Waals surface area contributed by atoms with E-state index in [-0.39, 0.29) is 5.91 Å². The van der Waals surface area contributed by atoms with Crippen LogP contribution in [0.2, 0.25) is 0 Å². The van der Waals surface area contributed by atoms with Crippen molar-refractivity contribution < 1.29 is 9.90 Å². The van der Waals surface area contributed by atoms with Crippen LogP contribution in [0.25, 0.3) is 0 Å². The maximum atomic E-state index is 12.4. The zero-order chi connectivity index (χ0) is 16.1. The van der Waals surface area contributed by atoms with E-state index < -0.39 is 5.60 Å². The fraction of sp³-hybridized carbons (Fsp3) is 0.611. The first kappa shape index (κ1) is 16.8. The van der Waals surface area contributed by atoms with Gasteiger partial charge in [0.15, 0.2) is 0 Å². The lowest BCUT2D eigenvalue weighted by Crippen LogP contribution is -2.45. The summed E-state index contributed by atoms with van der Waals surface area (Å²) >= 11 is 1.80. The van der Waals surface area contributed by atoms with E-state index >= 15 is 0 Å². The van der Waals surface area contributed by atoms with Gasteiger partial charge in [0.05, 0.1) is 0 Å². The van der Waals surface area contributed by atoms with E-state index in [1.165, 1.54) is 24.8 Å². The Bertz CT molecular complexity index is 538. The van der Waals surface area contributed by atoms with Crippen LogP contribution in [0.3, 0.4) is 0 Å². The Morgan fingerprint density at radius 2 is 1.96 bits per heavy atom. The third-order valence-corrected chi connectivity index (χ3v) is 5.77. The van der Waals surface area contributed by atoms with Crippen LogP contribution in [-0.2, 0) is 11.3 Å². The second kappa shape index (κ2) is 7.69. The summed E-state index contributed by atoms with van der Waals surface area (Å²) in [5, 5.41) is 13.4. The summed E-state index contributed by atoms with van der Waals surface area (Å²) in [7, 11) is 0. The first-order chi connectivity index (χ1) is 11.2. The number of rotatable bonds is 4. The highest BCUT2D eigenvalue weighted by Gasteiger charge is 2.37. The highest BCUT2D eigenvalue weighted by Crippen LogP contribution is 2.28. The lowest BCUT2D eigenvalue weighted by molar-refractivity contribution is -0.134. The molecule has 0 spiro atoms. The molecule has 0 atom stereocenters. The van der Waals surface area contributed by atoms with Gasteiger partial charge in [-0.15, -0.1) is 0 Å². The van der Waals surface area contributed by atoms with E-state index in [0.717, 1.165) is 36.8 Å². The third-order valence-electron chi connectivity index (χ3n) is 4.78. The van der Waals surface area contributed by atoms with Crippen molar-refractivity contribution in [3.63, 3.8) is 0 Å². The van der Waals surface area contributed by atoms with Gasteiger partial charge in [-0.3, -0.25) is 9.69 Å². The molecular weight excluding hydrogens is 308 g/mol. The van der Waals surface area contributed by atoms with E-state index in [1.807, 2.05) is 18.2 Å². The van der Waals surface area contributed by atoms with Gasteiger partial charge in [-0.1, -0.05) is 18.6 Å². The van der Waals surface area contributed by atoms with Gasteiger partial charge in [0.2, 0.25) is 0 Å². The Morgan fingerprint density at radius 3 is 2.70 bits per heavy atom. The topological polar surface area (TPSA) is 52.6 Å². The molecule has 23 heavy (non-hydrogen) atoms. The number of thioether (sulfide) groups is 1. The molecule has 1 amide bonds. The standard InChI is InChI=1S/C18H26N2O2S/c21-17(18(22)7-11-23-12-8-18)19-16-6-4-5-15(13-16)14-20-9-2-1-3-10-20/h4-6,13,22H,1-3,7-12,14H2,(H,19,21). The molecule has 2 N–H and O–H groups in total. The number of benzene rings is 1. The molecular formula is C18H26N2O2S. The number of likely N-dealkylation sites (tertiary alicyclic amines) is 1. The van der Waals surface area contributed by atoms with Gasteiger partial charge in [-0.2, -0.15) is 11.8 Å². The quantitative estimate of drug-likeness (QED) is 0.889. The Labute approximate surface area is 142 Å².